The van der Waals surface area contributed by atoms with Crippen molar-refractivity contribution >= 4 is 17.4 Å². The molecule has 1 saturated heterocycles. The minimum absolute atomic E-state index is 0.0707. The number of likely N-dealkylation sites (N-methyl/N-ethyl adjacent to an activating group) is 1. The first-order chi connectivity index (χ1) is 11.2. The third-order valence-corrected chi connectivity index (χ3v) is 4.39. The first kappa shape index (κ1) is 17.7. The Morgan fingerprint density at radius 3 is 2.52 bits per heavy atom. The third-order valence-electron chi connectivity index (χ3n) is 4.39. The Morgan fingerprint density at radius 2 is 1.87 bits per heavy atom. The van der Waals surface area contributed by atoms with Gasteiger partial charge in [-0.25, -0.2) is 4.98 Å². The summed E-state index contributed by atoms with van der Waals surface area (Å²) in [5.41, 5.74) is 1.13. The molecule has 1 fully saturated rings. The summed E-state index contributed by atoms with van der Waals surface area (Å²) in [7, 11) is 2.15. The maximum Gasteiger partial charge on any atom is 0.225 e. The summed E-state index contributed by atoms with van der Waals surface area (Å²) < 4.78 is 0. The zero-order valence-corrected chi connectivity index (χ0v) is 14.6. The van der Waals surface area contributed by atoms with Gasteiger partial charge in [-0.2, -0.15) is 0 Å². The van der Waals surface area contributed by atoms with E-state index in [1.165, 1.54) is 19.3 Å². The summed E-state index contributed by atoms with van der Waals surface area (Å²) in [6.45, 7) is 6.42. The van der Waals surface area contributed by atoms with Crippen molar-refractivity contribution < 1.29 is 4.79 Å². The lowest BCUT2D eigenvalue weighted by Crippen LogP contribution is -2.44. The summed E-state index contributed by atoms with van der Waals surface area (Å²) in [5.74, 6) is 0.725. The number of nitrogens with zero attached hydrogens (tertiary/aromatic N) is 3. The van der Waals surface area contributed by atoms with Crippen molar-refractivity contribution in [1.29, 1.82) is 0 Å². The molecule has 1 aliphatic heterocycles. The Labute approximate surface area is 140 Å². The molecule has 0 aliphatic carbocycles. The molecule has 0 bridgehead atoms. The summed E-state index contributed by atoms with van der Waals surface area (Å²) in [6.07, 6.45) is 8.27. The lowest BCUT2D eigenvalue weighted by atomic mass is 10.1. The highest BCUT2D eigenvalue weighted by Gasteiger charge is 2.14. The number of hydrogen-bond donors (Lipinski definition) is 1. The first-order valence-electron chi connectivity index (χ1n) is 8.88. The molecule has 1 aromatic rings. The number of unbranched alkanes of at least 4 members (excludes halogenated alkanes) is 4. The van der Waals surface area contributed by atoms with E-state index in [2.05, 4.69) is 40.1 Å². The fourth-order valence-electron chi connectivity index (χ4n) is 2.81. The number of aromatic nitrogens is 1. The molecule has 1 aromatic heterocycles. The fraction of sp³-hybridized carbons (Fsp3) is 0.667. The average molecular weight is 318 g/mol. The van der Waals surface area contributed by atoms with Crippen molar-refractivity contribution in [2.75, 3.05) is 43.4 Å². The molecule has 23 heavy (non-hydrogen) atoms. The highest BCUT2D eigenvalue weighted by molar-refractivity contribution is 5.89. The van der Waals surface area contributed by atoms with Gasteiger partial charge in [0.15, 0.2) is 0 Å². The molecule has 0 radical (unpaired) electrons. The van der Waals surface area contributed by atoms with Gasteiger partial charge in [-0.15, -0.1) is 0 Å². The van der Waals surface area contributed by atoms with Crippen molar-refractivity contribution in [3.8, 4) is 0 Å². The van der Waals surface area contributed by atoms with Crippen LogP contribution in [-0.2, 0) is 4.79 Å². The minimum atomic E-state index is 0.0707. The van der Waals surface area contributed by atoms with Gasteiger partial charge in [0.05, 0.1) is 11.9 Å². The molecule has 0 aromatic carbocycles. The molecule has 0 unspecified atom stereocenters. The molecule has 0 atom stereocenters. The van der Waals surface area contributed by atoms with Crippen LogP contribution in [0.1, 0.15) is 45.4 Å². The molecule has 2 heterocycles. The van der Waals surface area contributed by atoms with Crippen LogP contribution in [0.4, 0.5) is 11.5 Å². The Morgan fingerprint density at radius 1 is 1.13 bits per heavy atom. The van der Waals surface area contributed by atoms with Crippen molar-refractivity contribution in [2.45, 2.75) is 45.4 Å². The van der Waals surface area contributed by atoms with Crippen LogP contribution in [-0.4, -0.2) is 49.0 Å². The highest BCUT2D eigenvalue weighted by atomic mass is 16.1. The molecule has 5 nitrogen and oxygen atoms in total. The summed E-state index contributed by atoms with van der Waals surface area (Å²) in [4.78, 5) is 21.0. The number of piperazine rings is 1. The molecule has 1 N–H and O–H groups in total. The van der Waals surface area contributed by atoms with Crippen LogP contribution < -0.4 is 10.2 Å². The van der Waals surface area contributed by atoms with Crippen LogP contribution in [0, 0.1) is 0 Å². The Hall–Kier alpha value is -1.62. The van der Waals surface area contributed by atoms with Gasteiger partial charge >= 0.3 is 0 Å². The third kappa shape index (κ3) is 6.18. The van der Waals surface area contributed by atoms with Gasteiger partial charge in [0.1, 0.15) is 5.82 Å². The summed E-state index contributed by atoms with van der Waals surface area (Å²) in [6, 6.07) is 3.96. The molecule has 0 saturated carbocycles. The van der Waals surface area contributed by atoms with Crippen molar-refractivity contribution in [3.63, 3.8) is 0 Å². The Kier molecular flexibility index (Phi) is 7.33. The lowest BCUT2D eigenvalue weighted by molar-refractivity contribution is -0.116. The topological polar surface area (TPSA) is 48.5 Å². The smallest absolute Gasteiger partial charge is 0.225 e. The van der Waals surface area contributed by atoms with Gasteiger partial charge in [0.25, 0.3) is 0 Å². The molecule has 2 rings (SSSR count). The Bertz CT molecular complexity index is 466. The van der Waals surface area contributed by atoms with Gasteiger partial charge in [-0.1, -0.05) is 32.6 Å². The summed E-state index contributed by atoms with van der Waals surface area (Å²) >= 11 is 0. The Balaban J connectivity index is 1.73. The van der Waals surface area contributed by atoms with Crippen LogP contribution in [0.2, 0.25) is 0 Å². The van der Waals surface area contributed by atoms with Gasteiger partial charge in [0, 0.05) is 32.6 Å². The van der Waals surface area contributed by atoms with E-state index < -0.39 is 0 Å². The number of amides is 1. The van der Waals surface area contributed by atoms with E-state index in [9.17, 15) is 4.79 Å². The average Bonchev–Trinajstić information content (AvgIpc) is 2.56. The number of anilines is 2. The molecule has 0 spiro atoms. The summed E-state index contributed by atoms with van der Waals surface area (Å²) in [5, 5.41) is 2.89. The second-order valence-corrected chi connectivity index (χ2v) is 6.40. The number of nitrogens with one attached hydrogen (secondary N) is 1. The van der Waals surface area contributed by atoms with Gasteiger partial charge < -0.3 is 15.1 Å². The van der Waals surface area contributed by atoms with E-state index in [0.29, 0.717) is 12.2 Å². The van der Waals surface area contributed by atoms with E-state index >= 15 is 0 Å². The van der Waals surface area contributed by atoms with Gasteiger partial charge in [-0.05, 0) is 25.6 Å². The number of carbonyl (C=O) groups is 1. The van der Waals surface area contributed by atoms with Crippen molar-refractivity contribution in [1.82, 2.24) is 9.88 Å². The van der Waals surface area contributed by atoms with Crippen LogP contribution in [0.15, 0.2) is 18.3 Å². The lowest BCUT2D eigenvalue weighted by Gasteiger charge is -2.33. The predicted octanol–water partition coefficient (Wildman–Crippen LogP) is 3.13. The molecule has 5 heteroatoms. The number of hydrogen-bond acceptors (Lipinski definition) is 4. The first-order valence-corrected chi connectivity index (χ1v) is 8.88. The second-order valence-electron chi connectivity index (χ2n) is 6.40. The van der Waals surface area contributed by atoms with E-state index in [-0.39, 0.29) is 5.91 Å². The zero-order valence-electron chi connectivity index (χ0n) is 14.6. The van der Waals surface area contributed by atoms with Gasteiger partial charge in [-0.3, -0.25) is 4.79 Å². The van der Waals surface area contributed by atoms with E-state index in [1.54, 1.807) is 0 Å². The zero-order chi connectivity index (χ0) is 16.5. The van der Waals surface area contributed by atoms with E-state index in [4.69, 9.17) is 0 Å². The van der Waals surface area contributed by atoms with Crippen LogP contribution in [0.25, 0.3) is 0 Å². The minimum Gasteiger partial charge on any atom is -0.368 e. The quantitative estimate of drug-likeness (QED) is 0.748. The number of rotatable bonds is 8. The molecule has 1 aliphatic rings. The standard InChI is InChI=1S/C18H30N4O/c1-3-4-5-6-7-8-18(23)20-17-10-9-16(15-19-17)22-13-11-21(2)12-14-22/h9-10,15H,3-8,11-14H2,1-2H3,(H,19,20,23). The van der Waals surface area contributed by atoms with E-state index in [1.807, 2.05) is 12.3 Å². The SMILES string of the molecule is CCCCCCCC(=O)Nc1ccc(N2CCN(C)CC2)cn1. The maximum absolute atomic E-state index is 11.9. The number of pyridine rings is 1. The van der Waals surface area contributed by atoms with Crippen molar-refractivity contribution in [3.05, 3.63) is 18.3 Å². The molecular formula is C18H30N4O. The van der Waals surface area contributed by atoms with Crippen LogP contribution in [0.3, 0.4) is 0 Å². The van der Waals surface area contributed by atoms with E-state index in [0.717, 1.165) is 44.7 Å². The number of carbonyl (C=O) groups excluding carboxylic acids is 1. The highest BCUT2D eigenvalue weighted by Crippen LogP contribution is 2.17. The predicted molar refractivity (Wildman–Crippen MR) is 96.0 cm³/mol. The fourth-order valence-corrected chi connectivity index (χ4v) is 2.81. The molecule has 1 amide bonds. The van der Waals surface area contributed by atoms with Crippen LogP contribution >= 0.6 is 0 Å². The molecular weight excluding hydrogens is 288 g/mol. The largest absolute Gasteiger partial charge is 0.368 e. The molecule has 128 valence electrons. The van der Waals surface area contributed by atoms with Gasteiger partial charge in [0.2, 0.25) is 5.91 Å². The van der Waals surface area contributed by atoms with Crippen molar-refractivity contribution in [2.24, 2.45) is 0 Å². The normalized spacial score (nSPS) is 15.7. The monoisotopic (exact) mass is 318 g/mol. The maximum atomic E-state index is 11.9. The van der Waals surface area contributed by atoms with Crippen LogP contribution in [0.5, 0.6) is 0 Å². The second kappa shape index (κ2) is 9.50.